The molecule has 1 N–H and O–H groups in total. The number of carbonyl (C=O) groups is 1. The van der Waals surface area contributed by atoms with Crippen molar-refractivity contribution in [2.75, 3.05) is 26.2 Å². The van der Waals surface area contributed by atoms with Crippen LogP contribution >= 0.6 is 0 Å². The van der Waals surface area contributed by atoms with Gasteiger partial charge in [0.05, 0.1) is 0 Å². The van der Waals surface area contributed by atoms with Gasteiger partial charge in [0, 0.05) is 44.3 Å². The number of nitrogens with zero attached hydrogens (tertiary/aromatic N) is 2. The first kappa shape index (κ1) is 22.0. The Morgan fingerprint density at radius 1 is 1.21 bits per heavy atom. The number of amides is 1. The lowest BCUT2D eigenvalue weighted by molar-refractivity contribution is -0.00861. The van der Waals surface area contributed by atoms with Gasteiger partial charge in [-0.15, -0.1) is 0 Å². The third-order valence-corrected chi connectivity index (χ3v) is 6.23. The van der Waals surface area contributed by atoms with Crippen LogP contribution in [0.2, 0.25) is 0 Å². The van der Waals surface area contributed by atoms with Gasteiger partial charge in [-0.1, -0.05) is 12.1 Å². The molecule has 6 heteroatoms. The second-order valence-corrected chi connectivity index (χ2v) is 9.74. The summed E-state index contributed by atoms with van der Waals surface area (Å²) in [5, 5.41) is 3.58. The van der Waals surface area contributed by atoms with E-state index in [1.54, 1.807) is 12.1 Å². The number of ether oxygens (including phenoxy) is 1. The number of halogens is 1. The van der Waals surface area contributed by atoms with Crippen molar-refractivity contribution in [1.29, 1.82) is 0 Å². The van der Waals surface area contributed by atoms with Gasteiger partial charge < -0.3 is 15.0 Å². The van der Waals surface area contributed by atoms with E-state index in [0.29, 0.717) is 12.6 Å². The van der Waals surface area contributed by atoms with Crippen molar-refractivity contribution in [3.05, 3.63) is 35.6 Å². The van der Waals surface area contributed by atoms with Crippen LogP contribution in [0.5, 0.6) is 0 Å². The van der Waals surface area contributed by atoms with Gasteiger partial charge in [-0.3, -0.25) is 4.90 Å². The quantitative estimate of drug-likeness (QED) is 0.817. The monoisotopic (exact) mass is 405 g/mol. The van der Waals surface area contributed by atoms with E-state index in [0.717, 1.165) is 57.4 Å². The number of rotatable bonds is 4. The van der Waals surface area contributed by atoms with Crippen molar-refractivity contribution in [2.24, 2.45) is 0 Å². The van der Waals surface area contributed by atoms with Crippen LogP contribution < -0.4 is 5.32 Å². The highest BCUT2D eigenvalue weighted by Crippen LogP contribution is 2.31. The number of piperidine rings is 2. The van der Waals surface area contributed by atoms with E-state index in [2.05, 4.69) is 17.1 Å². The molecule has 0 bridgehead atoms. The zero-order valence-corrected chi connectivity index (χ0v) is 18.3. The number of likely N-dealkylation sites (tertiary alicyclic amines) is 2. The summed E-state index contributed by atoms with van der Waals surface area (Å²) in [6.45, 7) is 12.4. The molecule has 1 aromatic rings. The van der Waals surface area contributed by atoms with Crippen LogP contribution in [0.15, 0.2) is 24.3 Å². The molecule has 5 nitrogen and oxygen atoms in total. The highest BCUT2D eigenvalue weighted by atomic mass is 19.1. The first-order valence-corrected chi connectivity index (χ1v) is 10.9. The number of carbonyl (C=O) groups excluding carboxylic acids is 1. The summed E-state index contributed by atoms with van der Waals surface area (Å²) in [4.78, 5) is 16.8. The highest BCUT2D eigenvalue weighted by Gasteiger charge is 2.39. The topological polar surface area (TPSA) is 44.8 Å². The SMILES string of the molecule is CC(C)(C)OC(=O)N1CCC(C)(N2CCC(NCc3cccc(F)c3)CC2)CC1. The molecule has 0 unspecified atom stereocenters. The van der Waals surface area contributed by atoms with Gasteiger partial charge in [-0.2, -0.15) is 0 Å². The van der Waals surface area contributed by atoms with Crippen molar-refractivity contribution < 1.29 is 13.9 Å². The molecule has 0 aliphatic carbocycles. The van der Waals surface area contributed by atoms with Crippen molar-refractivity contribution in [3.8, 4) is 0 Å². The average molecular weight is 406 g/mol. The lowest BCUT2D eigenvalue weighted by atomic mass is 9.85. The molecule has 1 amide bonds. The number of nitrogens with one attached hydrogen (secondary N) is 1. The van der Waals surface area contributed by atoms with E-state index in [-0.39, 0.29) is 17.4 Å². The lowest BCUT2D eigenvalue weighted by Gasteiger charge is -2.49. The Morgan fingerprint density at radius 2 is 1.86 bits per heavy atom. The van der Waals surface area contributed by atoms with E-state index in [9.17, 15) is 9.18 Å². The van der Waals surface area contributed by atoms with Crippen molar-refractivity contribution >= 4 is 6.09 Å². The van der Waals surface area contributed by atoms with Crippen molar-refractivity contribution in [3.63, 3.8) is 0 Å². The fourth-order valence-electron chi connectivity index (χ4n) is 4.35. The fourth-order valence-corrected chi connectivity index (χ4v) is 4.35. The fraction of sp³-hybridized carbons (Fsp3) is 0.696. The summed E-state index contributed by atoms with van der Waals surface area (Å²) in [5.41, 5.74) is 0.693. The standard InChI is InChI=1S/C23H36FN3O2/c1-22(2,3)29-21(28)26-14-10-23(4,11-15-26)27-12-8-20(9-13-27)25-17-18-6-5-7-19(24)16-18/h5-7,16,20,25H,8-15,17H2,1-4H3. The molecule has 2 aliphatic heterocycles. The Hall–Kier alpha value is -1.66. The molecule has 0 spiro atoms. The predicted molar refractivity (Wildman–Crippen MR) is 113 cm³/mol. The van der Waals surface area contributed by atoms with E-state index >= 15 is 0 Å². The maximum absolute atomic E-state index is 13.3. The summed E-state index contributed by atoms with van der Waals surface area (Å²) >= 11 is 0. The number of hydrogen-bond donors (Lipinski definition) is 1. The first-order chi connectivity index (χ1) is 13.6. The Kier molecular flexibility index (Phi) is 6.84. The molecule has 2 fully saturated rings. The molecule has 2 aliphatic rings. The third-order valence-electron chi connectivity index (χ3n) is 6.23. The zero-order valence-electron chi connectivity index (χ0n) is 18.3. The van der Waals surface area contributed by atoms with Crippen LogP contribution in [0.4, 0.5) is 9.18 Å². The van der Waals surface area contributed by atoms with Gasteiger partial charge in [-0.25, -0.2) is 9.18 Å². The Bertz CT molecular complexity index is 688. The normalized spacial score (nSPS) is 21.2. The van der Waals surface area contributed by atoms with E-state index in [4.69, 9.17) is 4.74 Å². The van der Waals surface area contributed by atoms with E-state index in [1.165, 1.54) is 6.07 Å². The molecule has 2 saturated heterocycles. The summed E-state index contributed by atoms with van der Waals surface area (Å²) in [6, 6.07) is 7.28. The Labute approximate surface area is 174 Å². The maximum atomic E-state index is 13.3. The van der Waals surface area contributed by atoms with Crippen LogP contribution in [0.25, 0.3) is 0 Å². The van der Waals surface area contributed by atoms with Gasteiger partial charge in [-0.05, 0) is 71.1 Å². The van der Waals surface area contributed by atoms with Gasteiger partial charge in [0.25, 0.3) is 0 Å². The smallest absolute Gasteiger partial charge is 0.410 e. The molecule has 29 heavy (non-hydrogen) atoms. The third kappa shape index (κ3) is 6.16. The molecule has 0 atom stereocenters. The largest absolute Gasteiger partial charge is 0.444 e. The minimum Gasteiger partial charge on any atom is -0.444 e. The van der Waals surface area contributed by atoms with E-state index < -0.39 is 5.60 Å². The van der Waals surface area contributed by atoms with Crippen molar-refractivity contribution in [1.82, 2.24) is 15.1 Å². The Balaban J connectivity index is 1.43. The second-order valence-electron chi connectivity index (χ2n) is 9.74. The van der Waals surface area contributed by atoms with Gasteiger partial charge >= 0.3 is 6.09 Å². The summed E-state index contributed by atoms with van der Waals surface area (Å²) in [7, 11) is 0. The van der Waals surface area contributed by atoms with Crippen LogP contribution in [-0.2, 0) is 11.3 Å². The molecular formula is C23H36FN3O2. The molecule has 0 saturated carbocycles. The average Bonchev–Trinajstić information content (AvgIpc) is 2.66. The summed E-state index contributed by atoms with van der Waals surface area (Å²) in [5.74, 6) is -0.176. The van der Waals surface area contributed by atoms with Crippen LogP contribution in [-0.4, -0.2) is 59.3 Å². The van der Waals surface area contributed by atoms with Gasteiger partial charge in [0.1, 0.15) is 11.4 Å². The van der Waals surface area contributed by atoms with Gasteiger partial charge in [0.15, 0.2) is 0 Å². The molecule has 1 aromatic carbocycles. The Morgan fingerprint density at radius 3 is 2.45 bits per heavy atom. The molecule has 0 aromatic heterocycles. The predicted octanol–water partition coefficient (Wildman–Crippen LogP) is 4.17. The molecule has 162 valence electrons. The lowest BCUT2D eigenvalue weighted by Crippen LogP contribution is -2.58. The zero-order chi connectivity index (χ0) is 21.1. The van der Waals surface area contributed by atoms with E-state index in [1.807, 2.05) is 31.7 Å². The number of hydrogen-bond acceptors (Lipinski definition) is 4. The maximum Gasteiger partial charge on any atom is 0.410 e. The highest BCUT2D eigenvalue weighted by molar-refractivity contribution is 5.68. The molecule has 3 rings (SSSR count). The van der Waals surface area contributed by atoms with Crippen LogP contribution in [0.1, 0.15) is 58.9 Å². The molecule has 0 radical (unpaired) electrons. The first-order valence-electron chi connectivity index (χ1n) is 10.9. The van der Waals surface area contributed by atoms with Crippen molar-refractivity contribution in [2.45, 2.75) is 77.1 Å². The van der Waals surface area contributed by atoms with Gasteiger partial charge in [0.2, 0.25) is 0 Å². The summed E-state index contributed by atoms with van der Waals surface area (Å²) < 4.78 is 18.8. The number of benzene rings is 1. The summed E-state index contributed by atoms with van der Waals surface area (Å²) in [6.07, 6.45) is 3.96. The minimum absolute atomic E-state index is 0.145. The van der Waals surface area contributed by atoms with Crippen LogP contribution in [0.3, 0.4) is 0 Å². The molecule has 2 heterocycles. The second kappa shape index (κ2) is 9.00. The molecular weight excluding hydrogens is 369 g/mol. The van der Waals surface area contributed by atoms with Crippen LogP contribution in [0, 0.1) is 5.82 Å². The minimum atomic E-state index is -0.446.